The number of rotatable bonds is 2. The molecule has 0 unspecified atom stereocenters. The van der Waals surface area contributed by atoms with E-state index in [0.717, 1.165) is 0 Å². The SMILES string of the molecule is Nc1cc(C(=O)O)cnc1-c1cc(Cl)cc(Cl)c1Cl. The normalized spacial score (nSPS) is 10.5. The van der Waals surface area contributed by atoms with Gasteiger partial charge in [0.1, 0.15) is 0 Å². The molecule has 0 radical (unpaired) electrons. The van der Waals surface area contributed by atoms with Crippen LogP contribution >= 0.6 is 34.8 Å². The van der Waals surface area contributed by atoms with Gasteiger partial charge in [-0.25, -0.2) is 4.79 Å². The van der Waals surface area contributed by atoms with Crippen LogP contribution in [0.4, 0.5) is 5.69 Å². The van der Waals surface area contributed by atoms with Crippen molar-refractivity contribution in [1.82, 2.24) is 4.98 Å². The van der Waals surface area contributed by atoms with Gasteiger partial charge in [0.15, 0.2) is 0 Å². The van der Waals surface area contributed by atoms with E-state index in [1.807, 2.05) is 0 Å². The molecule has 1 aromatic carbocycles. The van der Waals surface area contributed by atoms with Gasteiger partial charge in [-0.1, -0.05) is 34.8 Å². The van der Waals surface area contributed by atoms with Crippen LogP contribution in [0.25, 0.3) is 11.3 Å². The van der Waals surface area contributed by atoms with E-state index >= 15 is 0 Å². The molecule has 1 heterocycles. The van der Waals surface area contributed by atoms with Crippen molar-refractivity contribution in [2.75, 3.05) is 5.73 Å². The van der Waals surface area contributed by atoms with Crippen molar-refractivity contribution in [3.05, 3.63) is 45.0 Å². The van der Waals surface area contributed by atoms with Crippen molar-refractivity contribution in [1.29, 1.82) is 0 Å². The second-order valence-corrected chi connectivity index (χ2v) is 4.94. The van der Waals surface area contributed by atoms with E-state index in [1.54, 1.807) is 6.07 Å². The van der Waals surface area contributed by atoms with Gasteiger partial charge in [-0.3, -0.25) is 4.98 Å². The number of nitrogen functional groups attached to an aromatic ring is 1. The summed E-state index contributed by atoms with van der Waals surface area (Å²) < 4.78 is 0. The molecule has 0 aliphatic carbocycles. The first-order valence-electron chi connectivity index (χ1n) is 5.04. The predicted molar refractivity (Wildman–Crippen MR) is 76.1 cm³/mol. The number of aromatic nitrogens is 1. The zero-order chi connectivity index (χ0) is 14.2. The van der Waals surface area contributed by atoms with Crippen molar-refractivity contribution in [3.63, 3.8) is 0 Å². The first kappa shape index (κ1) is 13.9. The first-order valence-corrected chi connectivity index (χ1v) is 6.17. The molecule has 0 fully saturated rings. The van der Waals surface area contributed by atoms with E-state index in [2.05, 4.69) is 4.98 Å². The highest BCUT2D eigenvalue weighted by Gasteiger charge is 2.15. The van der Waals surface area contributed by atoms with Gasteiger partial charge < -0.3 is 10.8 Å². The molecule has 1 aromatic heterocycles. The molecule has 2 rings (SSSR count). The Morgan fingerprint density at radius 2 is 1.89 bits per heavy atom. The minimum atomic E-state index is -1.11. The smallest absolute Gasteiger partial charge is 0.337 e. The number of anilines is 1. The number of hydrogen-bond acceptors (Lipinski definition) is 3. The lowest BCUT2D eigenvalue weighted by atomic mass is 10.1. The number of aromatic carboxylic acids is 1. The molecule has 0 aliphatic heterocycles. The average molecular weight is 318 g/mol. The van der Waals surface area contributed by atoms with Gasteiger partial charge in [0.25, 0.3) is 0 Å². The number of carbonyl (C=O) groups is 1. The molecule has 19 heavy (non-hydrogen) atoms. The van der Waals surface area contributed by atoms with Crippen LogP contribution in [0.5, 0.6) is 0 Å². The van der Waals surface area contributed by atoms with Crippen LogP contribution in [-0.4, -0.2) is 16.1 Å². The summed E-state index contributed by atoms with van der Waals surface area (Å²) in [5, 5.41) is 9.76. The summed E-state index contributed by atoms with van der Waals surface area (Å²) in [7, 11) is 0. The topological polar surface area (TPSA) is 76.2 Å². The Morgan fingerprint density at radius 1 is 1.21 bits per heavy atom. The van der Waals surface area contributed by atoms with E-state index in [0.29, 0.717) is 16.3 Å². The maximum atomic E-state index is 10.8. The van der Waals surface area contributed by atoms with Crippen molar-refractivity contribution in [2.24, 2.45) is 0 Å². The van der Waals surface area contributed by atoms with Crippen LogP contribution in [0.1, 0.15) is 10.4 Å². The third-order valence-corrected chi connectivity index (χ3v) is 3.43. The predicted octanol–water partition coefficient (Wildman–Crippen LogP) is 3.99. The third-order valence-electron chi connectivity index (χ3n) is 2.41. The van der Waals surface area contributed by atoms with E-state index in [4.69, 9.17) is 45.6 Å². The molecule has 0 spiro atoms. The number of carboxylic acid groups (broad SMARTS) is 1. The number of halogens is 3. The van der Waals surface area contributed by atoms with Crippen LogP contribution in [0, 0.1) is 0 Å². The summed E-state index contributed by atoms with van der Waals surface area (Å²) in [5.41, 5.74) is 6.75. The second kappa shape index (κ2) is 5.25. The standard InChI is InChI=1S/C12H7Cl3N2O2/c13-6-2-7(10(15)8(14)3-6)11-9(16)1-5(4-17-11)12(18)19/h1-4H,16H2,(H,18,19). The minimum Gasteiger partial charge on any atom is -0.478 e. The summed E-state index contributed by atoms with van der Waals surface area (Å²) in [5.74, 6) is -1.11. The quantitative estimate of drug-likeness (QED) is 0.821. The van der Waals surface area contributed by atoms with Crippen LogP contribution in [-0.2, 0) is 0 Å². The number of pyridine rings is 1. The summed E-state index contributed by atoms with van der Waals surface area (Å²) >= 11 is 17.9. The van der Waals surface area contributed by atoms with Gasteiger partial charge in [0.2, 0.25) is 0 Å². The molecule has 0 bridgehead atoms. The highest BCUT2D eigenvalue weighted by Crippen LogP contribution is 2.37. The molecule has 98 valence electrons. The molecule has 2 aromatic rings. The molecule has 7 heteroatoms. The fraction of sp³-hybridized carbons (Fsp3) is 0. The van der Waals surface area contributed by atoms with Gasteiger partial charge in [-0.05, 0) is 18.2 Å². The lowest BCUT2D eigenvalue weighted by Crippen LogP contribution is -2.01. The van der Waals surface area contributed by atoms with E-state index < -0.39 is 5.97 Å². The van der Waals surface area contributed by atoms with Crippen LogP contribution < -0.4 is 5.73 Å². The Bertz CT molecular complexity index is 674. The van der Waals surface area contributed by atoms with E-state index in [9.17, 15) is 4.79 Å². The van der Waals surface area contributed by atoms with Crippen molar-refractivity contribution >= 4 is 46.5 Å². The van der Waals surface area contributed by atoms with Crippen LogP contribution in [0.15, 0.2) is 24.4 Å². The van der Waals surface area contributed by atoms with Gasteiger partial charge in [0, 0.05) is 16.8 Å². The molecular weight excluding hydrogens is 311 g/mol. The van der Waals surface area contributed by atoms with Gasteiger partial charge >= 0.3 is 5.97 Å². The first-order chi connectivity index (χ1) is 8.90. The monoisotopic (exact) mass is 316 g/mol. The molecule has 0 atom stereocenters. The fourth-order valence-electron chi connectivity index (χ4n) is 1.55. The lowest BCUT2D eigenvalue weighted by Gasteiger charge is -2.09. The van der Waals surface area contributed by atoms with E-state index in [-0.39, 0.29) is 21.3 Å². The maximum Gasteiger partial charge on any atom is 0.337 e. The molecule has 3 N–H and O–H groups in total. The van der Waals surface area contributed by atoms with Gasteiger partial charge in [-0.2, -0.15) is 0 Å². The lowest BCUT2D eigenvalue weighted by molar-refractivity contribution is 0.0696. The highest BCUT2D eigenvalue weighted by molar-refractivity contribution is 6.45. The van der Waals surface area contributed by atoms with Crippen molar-refractivity contribution in [2.45, 2.75) is 0 Å². The summed E-state index contributed by atoms with van der Waals surface area (Å²) in [6.45, 7) is 0. The maximum absolute atomic E-state index is 10.8. The second-order valence-electron chi connectivity index (χ2n) is 3.72. The Labute approximate surface area is 123 Å². The van der Waals surface area contributed by atoms with Crippen molar-refractivity contribution in [3.8, 4) is 11.3 Å². The molecule has 0 amide bonds. The largest absolute Gasteiger partial charge is 0.478 e. The Kier molecular flexibility index (Phi) is 3.85. The minimum absolute atomic E-state index is 0.00880. The van der Waals surface area contributed by atoms with E-state index in [1.165, 1.54) is 18.3 Å². The number of benzene rings is 1. The van der Waals surface area contributed by atoms with Crippen molar-refractivity contribution < 1.29 is 9.90 Å². The van der Waals surface area contributed by atoms with Crippen LogP contribution in [0.2, 0.25) is 15.1 Å². The highest BCUT2D eigenvalue weighted by atomic mass is 35.5. The van der Waals surface area contributed by atoms with Gasteiger partial charge in [-0.15, -0.1) is 0 Å². The third kappa shape index (κ3) is 2.76. The number of nitrogens with zero attached hydrogens (tertiary/aromatic N) is 1. The van der Waals surface area contributed by atoms with Crippen LogP contribution in [0.3, 0.4) is 0 Å². The Balaban J connectivity index is 2.63. The Hall–Kier alpha value is -1.49. The molecule has 0 saturated carbocycles. The summed E-state index contributed by atoms with van der Waals surface area (Å²) in [6.07, 6.45) is 1.19. The number of hydrogen-bond donors (Lipinski definition) is 2. The van der Waals surface area contributed by atoms with Gasteiger partial charge in [0.05, 0.1) is 27.0 Å². The zero-order valence-electron chi connectivity index (χ0n) is 9.32. The summed E-state index contributed by atoms with van der Waals surface area (Å²) in [6, 6.07) is 4.36. The number of carboxylic acids is 1. The summed E-state index contributed by atoms with van der Waals surface area (Å²) in [4.78, 5) is 14.8. The fourth-order valence-corrected chi connectivity index (χ4v) is 2.24. The average Bonchev–Trinajstić information content (AvgIpc) is 2.33. The Morgan fingerprint density at radius 3 is 2.47 bits per heavy atom. The zero-order valence-corrected chi connectivity index (χ0v) is 11.6. The molecule has 4 nitrogen and oxygen atoms in total. The molecular formula is C12H7Cl3N2O2. The number of nitrogens with two attached hydrogens (primary N) is 1. The molecule has 0 aliphatic rings. The molecule has 0 saturated heterocycles.